The molecule has 0 fully saturated rings. The molecule has 350 valence electrons. The van der Waals surface area contributed by atoms with E-state index in [0.29, 0.717) is 68.2 Å². The van der Waals surface area contributed by atoms with Crippen molar-refractivity contribution in [1.82, 2.24) is 37.2 Å². The molecule has 0 spiro atoms. The van der Waals surface area contributed by atoms with Crippen molar-refractivity contribution in [3.8, 4) is 11.5 Å². The van der Waals surface area contributed by atoms with Gasteiger partial charge in [0.05, 0.1) is 66.8 Å². The van der Waals surface area contributed by atoms with E-state index >= 15 is 0 Å². The summed E-state index contributed by atoms with van der Waals surface area (Å²) in [4.78, 5) is 86.3. The Morgan fingerprint density at radius 1 is 0.524 bits per heavy atom. The lowest BCUT2D eigenvalue weighted by Gasteiger charge is -2.34. The van der Waals surface area contributed by atoms with Crippen LogP contribution in [0.3, 0.4) is 0 Å². The number of methoxy groups -OCH3 is 2. The van der Waals surface area contributed by atoms with Crippen LogP contribution in [0, 0.1) is 0 Å². The third-order valence-electron chi connectivity index (χ3n) is 8.96. The monoisotopic (exact) mass is 887 g/mol. The second-order valence-electron chi connectivity index (χ2n) is 14.3. The summed E-state index contributed by atoms with van der Waals surface area (Å²) in [7, 11) is 3.08. The van der Waals surface area contributed by atoms with E-state index in [1.807, 2.05) is 6.92 Å². The largest absolute Gasteiger partial charge is 0.497 e. The first-order valence-corrected chi connectivity index (χ1v) is 21.0. The van der Waals surface area contributed by atoms with Crippen molar-refractivity contribution in [3.63, 3.8) is 0 Å². The third-order valence-corrected chi connectivity index (χ3v) is 8.96. The number of hydrogen-bond donors (Lipinski definition) is 8. The molecule has 0 radical (unpaired) electrons. The molecule has 2 aromatic carbocycles. The zero-order valence-corrected chi connectivity index (χ0v) is 36.6. The van der Waals surface area contributed by atoms with Crippen molar-refractivity contribution in [2.24, 2.45) is 0 Å². The minimum atomic E-state index is -1.34. The minimum Gasteiger partial charge on any atom is -0.497 e. The molecule has 0 aliphatic heterocycles. The van der Waals surface area contributed by atoms with Crippen molar-refractivity contribution in [2.75, 3.05) is 99.7 Å². The predicted molar refractivity (Wildman–Crippen MR) is 232 cm³/mol. The molecule has 8 N–H and O–H groups in total. The SMILES string of the molecule is CCCNC(=O)CCOCC(COCCC(=O)NCCCNC(=O)c1ccc(OC)cc1)(COCCC(=O)NCCCNC(=O)c1ccc(OC)cc1)NC(=O)CNCCC(=O)O. The molecule has 20 nitrogen and oxygen atoms in total. The molecule has 0 unspecified atom stereocenters. The van der Waals surface area contributed by atoms with Gasteiger partial charge < -0.3 is 66.0 Å². The minimum absolute atomic E-state index is 0.00986. The van der Waals surface area contributed by atoms with Gasteiger partial charge in [-0.3, -0.25) is 33.6 Å². The number of hydrogen-bond acceptors (Lipinski definition) is 13. The van der Waals surface area contributed by atoms with Crippen LogP contribution in [-0.4, -0.2) is 152 Å². The van der Waals surface area contributed by atoms with Gasteiger partial charge in [-0.2, -0.15) is 0 Å². The number of benzene rings is 2. The molecule has 0 heterocycles. The van der Waals surface area contributed by atoms with Crippen molar-refractivity contribution in [1.29, 1.82) is 0 Å². The zero-order valence-electron chi connectivity index (χ0n) is 36.6. The van der Waals surface area contributed by atoms with Crippen LogP contribution < -0.4 is 46.7 Å². The number of carbonyl (C=O) groups excluding carboxylic acids is 6. The lowest BCUT2D eigenvalue weighted by atomic mass is 10.0. The van der Waals surface area contributed by atoms with E-state index in [9.17, 15) is 33.6 Å². The molecule has 2 aromatic rings. The number of nitrogens with one attached hydrogen (secondary N) is 7. The Morgan fingerprint density at radius 2 is 0.921 bits per heavy atom. The summed E-state index contributed by atoms with van der Waals surface area (Å²) >= 11 is 0. The van der Waals surface area contributed by atoms with Gasteiger partial charge in [-0.15, -0.1) is 0 Å². The van der Waals surface area contributed by atoms with E-state index in [4.69, 9.17) is 28.8 Å². The Morgan fingerprint density at radius 3 is 1.30 bits per heavy atom. The van der Waals surface area contributed by atoms with E-state index in [1.165, 1.54) is 14.2 Å². The van der Waals surface area contributed by atoms with Crippen molar-refractivity contribution in [2.45, 2.75) is 57.4 Å². The summed E-state index contributed by atoms with van der Waals surface area (Å²) in [6.45, 7) is 2.91. The average Bonchev–Trinajstić information content (AvgIpc) is 3.28. The lowest BCUT2D eigenvalue weighted by Crippen LogP contribution is -2.60. The van der Waals surface area contributed by atoms with Gasteiger partial charge in [0.2, 0.25) is 23.6 Å². The molecular weight excluding hydrogens is 823 g/mol. The number of aliphatic carboxylic acids is 1. The van der Waals surface area contributed by atoms with Gasteiger partial charge in [0.15, 0.2) is 0 Å². The fourth-order valence-electron chi connectivity index (χ4n) is 5.52. The Bertz CT molecular complexity index is 1610. The van der Waals surface area contributed by atoms with Crippen LogP contribution >= 0.6 is 0 Å². The van der Waals surface area contributed by atoms with Crippen LogP contribution in [0.15, 0.2) is 48.5 Å². The first-order valence-electron chi connectivity index (χ1n) is 21.0. The van der Waals surface area contributed by atoms with Crippen LogP contribution in [-0.2, 0) is 38.2 Å². The van der Waals surface area contributed by atoms with Crippen molar-refractivity contribution < 1.29 is 62.4 Å². The second kappa shape index (κ2) is 31.9. The zero-order chi connectivity index (χ0) is 46.1. The van der Waals surface area contributed by atoms with E-state index < -0.39 is 17.4 Å². The molecule has 0 saturated carbocycles. The van der Waals surface area contributed by atoms with Gasteiger partial charge in [0.25, 0.3) is 11.8 Å². The van der Waals surface area contributed by atoms with Crippen LogP contribution in [0.1, 0.15) is 72.6 Å². The molecule has 0 aliphatic rings. The van der Waals surface area contributed by atoms with Gasteiger partial charge in [-0.05, 0) is 67.8 Å². The van der Waals surface area contributed by atoms with Crippen molar-refractivity contribution >= 4 is 41.4 Å². The summed E-state index contributed by atoms with van der Waals surface area (Å²) in [5.41, 5.74) is -0.382. The molecule has 2 rings (SSSR count). The van der Waals surface area contributed by atoms with E-state index in [-0.39, 0.29) is 108 Å². The molecular formula is C43H65N7O13. The Hall–Kier alpha value is -5.83. The fraction of sp³-hybridized carbons (Fsp3) is 0.558. The summed E-state index contributed by atoms with van der Waals surface area (Å²) < 4.78 is 27.9. The quantitative estimate of drug-likeness (QED) is 0.0440. The summed E-state index contributed by atoms with van der Waals surface area (Å²) in [6, 6.07) is 13.4. The van der Waals surface area contributed by atoms with Gasteiger partial charge >= 0.3 is 5.97 Å². The van der Waals surface area contributed by atoms with Crippen molar-refractivity contribution in [3.05, 3.63) is 59.7 Å². The Kier molecular flexibility index (Phi) is 27.0. The molecule has 0 saturated heterocycles. The maximum atomic E-state index is 13.1. The topological polar surface area (TPSA) is 270 Å². The number of carboxylic acids is 1. The van der Waals surface area contributed by atoms with Crippen LogP contribution in [0.25, 0.3) is 0 Å². The van der Waals surface area contributed by atoms with Crippen LogP contribution in [0.2, 0.25) is 0 Å². The number of carboxylic acid groups (broad SMARTS) is 1. The van der Waals surface area contributed by atoms with E-state index in [0.717, 1.165) is 6.42 Å². The molecule has 0 aliphatic carbocycles. The maximum Gasteiger partial charge on any atom is 0.304 e. The third kappa shape index (κ3) is 24.4. The number of amides is 6. The Labute approximate surface area is 368 Å². The fourth-order valence-corrected chi connectivity index (χ4v) is 5.52. The van der Waals surface area contributed by atoms with E-state index in [2.05, 4.69) is 37.2 Å². The highest BCUT2D eigenvalue weighted by Gasteiger charge is 2.34. The molecule has 0 atom stereocenters. The highest BCUT2D eigenvalue weighted by Crippen LogP contribution is 2.13. The normalized spacial score (nSPS) is 10.9. The molecule has 0 bridgehead atoms. The highest BCUT2D eigenvalue weighted by atomic mass is 16.5. The molecule has 20 heteroatoms. The predicted octanol–water partition coefficient (Wildman–Crippen LogP) is 0.542. The highest BCUT2D eigenvalue weighted by molar-refractivity contribution is 5.94. The summed E-state index contributed by atoms with van der Waals surface area (Å²) in [5.74, 6) is -1.59. The number of carbonyl (C=O) groups is 7. The first-order chi connectivity index (χ1) is 30.4. The van der Waals surface area contributed by atoms with E-state index in [1.54, 1.807) is 48.5 Å². The smallest absolute Gasteiger partial charge is 0.304 e. The lowest BCUT2D eigenvalue weighted by molar-refractivity contribution is -0.137. The number of ether oxygens (including phenoxy) is 5. The average molecular weight is 888 g/mol. The standard InChI is InChI=1S/C43H65N7O13/c1-4-19-45-36(51)16-25-61-29-43(50-39(54)28-44-24-15-40(55)56,30-62-26-17-37(52)46-20-5-22-48-41(57)32-7-11-34(59-2)12-8-32)31-63-27-18-38(53)47-21-6-23-49-42(58)33-9-13-35(60-3)14-10-33/h7-14,44H,4-6,15-31H2,1-3H3,(H,45,51)(H,46,52)(H,47,53)(H,48,57)(H,49,58)(H,50,54)(H,55,56). The molecule has 63 heavy (non-hydrogen) atoms. The van der Waals surface area contributed by atoms with Gasteiger partial charge in [0, 0.05) is 69.7 Å². The summed E-state index contributed by atoms with van der Waals surface area (Å²) in [5, 5.41) is 28.5. The van der Waals surface area contributed by atoms with Gasteiger partial charge in [-0.25, -0.2) is 0 Å². The number of rotatable bonds is 35. The van der Waals surface area contributed by atoms with Crippen LogP contribution in [0.4, 0.5) is 0 Å². The summed E-state index contributed by atoms with van der Waals surface area (Å²) in [6.07, 6.45) is 1.54. The Balaban J connectivity index is 1.92. The maximum absolute atomic E-state index is 13.1. The van der Waals surface area contributed by atoms with Crippen LogP contribution in [0.5, 0.6) is 11.5 Å². The molecule has 0 aromatic heterocycles. The molecule has 6 amide bonds. The first kappa shape index (κ1) is 53.3. The van der Waals surface area contributed by atoms with Gasteiger partial charge in [0.1, 0.15) is 17.0 Å². The van der Waals surface area contributed by atoms with Gasteiger partial charge in [-0.1, -0.05) is 6.92 Å². The second-order valence-corrected chi connectivity index (χ2v) is 14.3.